The number of H-pyrrole nitrogens is 1. The molecule has 3 aromatic rings. The Bertz CT molecular complexity index is 1440. The van der Waals surface area contributed by atoms with E-state index in [-0.39, 0.29) is 53.2 Å². The van der Waals surface area contributed by atoms with Gasteiger partial charge in [0.1, 0.15) is 5.75 Å². The lowest BCUT2D eigenvalue weighted by molar-refractivity contribution is 0.0366. The zero-order valence-electron chi connectivity index (χ0n) is 25.1. The number of benzene rings is 1. The average molecular weight is 580 g/mol. The van der Waals surface area contributed by atoms with E-state index in [0.29, 0.717) is 16.9 Å². The number of pyridine rings is 2. The van der Waals surface area contributed by atoms with E-state index in [1.54, 1.807) is 52.0 Å². The lowest BCUT2D eigenvalue weighted by atomic mass is 10.2. The molecule has 0 saturated heterocycles. The maximum absolute atomic E-state index is 12.2. The van der Waals surface area contributed by atoms with E-state index in [2.05, 4.69) is 9.97 Å². The fourth-order valence-corrected chi connectivity index (χ4v) is 3.19. The van der Waals surface area contributed by atoms with Gasteiger partial charge in [0.05, 0.1) is 47.2 Å². The molecule has 0 amide bonds. The van der Waals surface area contributed by atoms with Crippen LogP contribution >= 0.6 is 0 Å². The summed E-state index contributed by atoms with van der Waals surface area (Å²) in [6, 6.07) is 14.3. The lowest BCUT2D eigenvalue weighted by Gasteiger charge is -2.13. The second kappa shape index (κ2) is 15.8. The molecule has 0 aliphatic carbocycles. The number of nitrogens with one attached hydrogen (secondary N) is 1. The molecule has 0 spiro atoms. The molecule has 0 saturated carbocycles. The molecular weight excluding hydrogens is 542 g/mol. The van der Waals surface area contributed by atoms with E-state index in [9.17, 15) is 14.4 Å². The van der Waals surface area contributed by atoms with Crippen LogP contribution in [0, 0.1) is 11.3 Å². The van der Waals surface area contributed by atoms with Crippen molar-refractivity contribution < 1.29 is 33.3 Å². The summed E-state index contributed by atoms with van der Waals surface area (Å²) >= 11 is 0. The van der Waals surface area contributed by atoms with Crippen molar-refractivity contribution >= 4 is 11.9 Å². The van der Waals surface area contributed by atoms with E-state index < -0.39 is 11.9 Å². The largest absolute Gasteiger partial charge is 0.476 e. The molecule has 1 aromatic carbocycles. The molecule has 0 radical (unpaired) electrons. The fraction of sp³-hybridized carbons (Fsp3) is 0.387. The molecule has 2 heterocycles. The van der Waals surface area contributed by atoms with Gasteiger partial charge in [0.2, 0.25) is 11.8 Å². The van der Waals surface area contributed by atoms with Crippen molar-refractivity contribution in [1.29, 1.82) is 5.26 Å². The molecular formula is C31H37N3O8. The Kier molecular flexibility index (Phi) is 12.6. The van der Waals surface area contributed by atoms with Gasteiger partial charge in [-0.2, -0.15) is 10.2 Å². The van der Waals surface area contributed by atoms with Crippen LogP contribution in [0.2, 0.25) is 0 Å². The Morgan fingerprint density at radius 3 is 1.76 bits per heavy atom. The van der Waals surface area contributed by atoms with E-state index in [1.165, 1.54) is 24.3 Å². The van der Waals surface area contributed by atoms with Gasteiger partial charge < -0.3 is 23.7 Å². The van der Waals surface area contributed by atoms with Crippen LogP contribution < -0.4 is 19.8 Å². The quantitative estimate of drug-likeness (QED) is 0.291. The first-order chi connectivity index (χ1) is 19.7. The van der Waals surface area contributed by atoms with E-state index in [0.717, 1.165) is 0 Å². The van der Waals surface area contributed by atoms with Crippen molar-refractivity contribution in [2.45, 2.75) is 79.8 Å². The molecule has 0 unspecified atom stereocenters. The summed E-state index contributed by atoms with van der Waals surface area (Å²) in [5, 5.41) is 8.84. The van der Waals surface area contributed by atoms with Gasteiger partial charge in [-0.3, -0.25) is 9.78 Å². The van der Waals surface area contributed by atoms with Gasteiger partial charge in [-0.05, 0) is 79.7 Å². The zero-order valence-corrected chi connectivity index (χ0v) is 25.1. The van der Waals surface area contributed by atoms with E-state index >= 15 is 0 Å². The van der Waals surface area contributed by atoms with Gasteiger partial charge in [0, 0.05) is 24.3 Å². The first-order valence-electron chi connectivity index (χ1n) is 13.5. The minimum atomic E-state index is -0.528. The number of hydrogen-bond acceptors (Lipinski definition) is 10. The topological polar surface area (TPSA) is 150 Å². The van der Waals surface area contributed by atoms with Gasteiger partial charge in [0.15, 0.2) is 5.88 Å². The molecule has 11 nitrogen and oxygen atoms in total. The molecule has 0 fully saturated rings. The third-order valence-corrected chi connectivity index (χ3v) is 4.68. The molecule has 2 aromatic heterocycles. The maximum Gasteiger partial charge on any atom is 0.338 e. The van der Waals surface area contributed by atoms with E-state index in [1.807, 2.05) is 33.8 Å². The standard InChI is InChI=1S/C19H20N2O4.C12H17NO4/c1-12(2)23-17-9-15(19(22)24-13(3)4)10-18(21-17)25-16-7-5-14(11-20)6-8-16;1-7(2)16-11-6-9(5-10(14)13-11)12(15)17-8(3)4/h5-10,12-13H,1-4H3;5-8H,1-4H3,(H,13,14). The number of carbonyl (C=O) groups excluding carboxylic acids is 2. The predicted octanol–water partition coefficient (Wildman–Crippen LogP) is 5.83. The van der Waals surface area contributed by atoms with Gasteiger partial charge in [0.25, 0.3) is 5.56 Å². The van der Waals surface area contributed by atoms with Crippen molar-refractivity contribution in [2.75, 3.05) is 0 Å². The highest BCUT2D eigenvalue weighted by Crippen LogP contribution is 2.25. The number of esters is 2. The van der Waals surface area contributed by atoms with Crippen LogP contribution in [-0.4, -0.2) is 46.3 Å². The summed E-state index contributed by atoms with van der Waals surface area (Å²) in [4.78, 5) is 41.9. The van der Waals surface area contributed by atoms with E-state index in [4.69, 9.17) is 28.9 Å². The van der Waals surface area contributed by atoms with Crippen LogP contribution in [0.5, 0.6) is 23.4 Å². The maximum atomic E-state index is 12.2. The van der Waals surface area contributed by atoms with Crippen molar-refractivity contribution in [3.05, 3.63) is 75.6 Å². The molecule has 42 heavy (non-hydrogen) atoms. The summed E-state index contributed by atoms with van der Waals surface area (Å²) in [5.41, 5.74) is 0.623. The summed E-state index contributed by atoms with van der Waals surface area (Å²) < 4.78 is 26.8. The normalized spacial score (nSPS) is 10.5. The molecule has 0 aliphatic rings. The van der Waals surface area contributed by atoms with Gasteiger partial charge in [-0.25, -0.2) is 9.59 Å². The van der Waals surface area contributed by atoms with Gasteiger partial charge in [-0.15, -0.1) is 0 Å². The lowest BCUT2D eigenvalue weighted by Crippen LogP contribution is -2.17. The monoisotopic (exact) mass is 579 g/mol. The summed E-state index contributed by atoms with van der Waals surface area (Å²) in [6.07, 6.45) is -0.650. The minimum Gasteiger partial charge on any atom is -0.476 e. The Morgan fingerprint density at radius 1 is 0.738 bits per heavy atom. The molecule has 224 valence electrons. The van der Waals surface area contributed by atoms with Crippen molar-refractivity contribution in [3.63, 3.8) is 0 Å². The smallest absolute Gasteiger partial charge is 0.338 e. The minimum absolute atomic E-state index is 0.0815. The molecule has 3 rings (SSSR count). The van der Waals surface area contributed by atoms with Gasteiger partial charge >= 0.3 is 11.9 Å². The first kappa shape index (κ1) is 33.4. The number of aromatic amines is 1. The average Bonchev–Trinajstić information content (AvgIpc) is 2.87. The number of aromatic nitrogens is 2. The number of nitriles is 1. The van der Waals surface area contributed by atoms with Crippen LogP contribution in [0.3, 0.4) is 0 Å². The third kappa shape index (κ3) is 11.7. The summed E-state index contributed by atoms with van der Waals surface area (Å²) in [6.45, 7) is 14.4. The van der Waals surface area contributed by atoms with Crippen LogP contribution in [-0.2, 0) is 9.47 Å². The van der Waals surface area contributed by atoms with Crippen LogP contribution in [0.1, 0.15) is 81.7 Å². The zero-order chi connectivity index (χ0) is 31.4. The Balaban J connectivity index is 0.000000317. The third-order valence-electron chi connectivity index (χ3n) is 4.68. The number of rotatable bonds is 10. The van der Waals surface area contributed by atoms with Crippen LogP contribution in [0.4, 0.5) is 0 Å². The summed E-state index contributed by atoms with van der Waals surface area (Å²) in [5.74, 6) is 0.241. The molecule has 0 atom stereocenters. The van der Waals surface area contributed by atoms with Crippen molar-refractivity contribution in [2.24, 2.45) is 0 Å². The second-order valence-electron chi connectivity index (χ2n) is 10.1. The van der Waals surface area contributed by atoms with Crippen molar-refractivity contribution in [3.8, 4) is 29.5 Å². The summed E-state index contributed by atoms with van der Waals surface area (Å²) in [7, 11) is 0. The van der Waals surface area contributed by atoms with Crippen LogP contribution in [0.25, 0.3) is 0 Å². The second-order valence-corrected chi connectivity index (χ2v) is 10.1. The van der Waals surface area contributed by atoms with Gasteiger partial charge in [-0.1, -0.05) is 0 Å². The van der Waals surface area contributed by atoms with Crippen LogP contribution in [0.15, 0.2) is 53.3 Å². The molecule has 0 bridgehead atoms. The number of ether oxygens (including phenoxy) is 5. The Labute approximate surface area is 245 Å². The van der Waals surface area contributed by atoms with Crippen molar-refractivity contribution in [1.82, 2.24) is 9.97 Å². The predicted molar refractivity (Wildman–Crippen MR) is 155 cm³/mol. The molecule has 0 aliphatic heterocycles. The molecule has 1 N–H and O–H groups in total. The highest BCUT2D eigenvalue weighted by molar-refractivity contribution is 5.90. The highest BCUT2D eigenvalue weighted by atomic mass is 16.5. The highest BCUT2D eigenvalue weighted by Gasteiger charge is 2.16. The number of hydrogen-bond donors (Lipinski definition) is 1. The number of nitrogens with zero attached hydrogens (tertiary/aromatic N) is 2. The Hall–Kier alpha value is -4.85. The first-order valence-corrected chi connectivity index (χ1v) is 13.5. The molecule has 11 heteroatoms. The SMILES string of the molecule is CC(C)OC(=O)c1cc(OC(C)C)[nH]c(=O)c1.CC(C)OC(=O)c1cc(Oc2ccc(C#N)cc2)nc(OC(C)C)c1. The Morgan fingerprint density at radius 2 is 1.26 bits per heavy atom. The number of carbonyl (C=O) groups is 2. The fourth-order valence-electron chi connectivity index (χ4n) is 3.19.